The van der Waals surface area contributed by atoms with Crippen LogP contribution in [0.5, 0.6) is 5.75 Å². The average molecular weight is 504 g/mol. The number of phenols is 1. The molecule has 0 aromatic heterocycles. The highest BCUT2D eigenvalue weighted by Gasteiger charge is 2.60. The molecule has 4 rings (SSSR count). The van der Waals surface area contributed by atoms with Crippen molar-refractivity contribution in [3.05, 3.63) is 39.7 Å². The summed E-state index contributed by atoms with van der Waals surface area (Å²) in [6, 6.07) is 1.62. The third kappa shape index (κ3) is 4.35. The molecule has 36 heavy (non-hydrogen) atoms. The summed E-state index contributed by atoms with van der Waals surface area (Å²) in [4.78, 5) is 39.2. The number of benzene rings is 1. The number of aliphatic hydroxyl groups is 3. The molecule has 3 atom stereocenters. The minimum Gasteiger partial charge on any atom is -0.508 e. The van der Waals surface area contributed by atoms with Gasteiger partial charge in [0.15, 0.2) is 11.4 Å². The summed E-state index contributed by atoms with van der Waals surface area (Å²) in [5.74, 6) is -6.49. The molecule has 10 nitrogen and oxygen atoms in total. The Labute approximate surface area is 210 Å². The Morgan fingerprint density at radius 3 is 2.22 bits per heavy atom. The fourth-order valence-corrected chi connectivity index (χ4v) is 5.24. The lowest BCUT2D eigenvalue weighted by atomic mass is 9.59. The van der Waals surface area contributed by atoms with Gasteiger partial charge < -0.3 is 36.8 Å². The van der Waals surface area contributed by atoms with E-state index in [4.69, 9.17) is 11.5 Å². The van der Waals surface area contributed by atoms with Gasteiger partial charge in [0.05, 0.1) is 5.56 Å². The van der Waals surface area contributed by atoms with E-state index >= 15 is 0 Å². The number of anilines is 1. The quantitative estimate of drug-likeness (QED) is 0.204. The molecule has 3 aliphatic rings. The maximum absolute atomic E-state index is 13.4. The van der Waals surface area contributed by atoms with Crippen molar-refractivity contribution in [2.45, 2.75) is 59.1 Å². The predicted octanol–water partition coefficient (Wildman–Crippen LogP) is 2.12. The molecule has 0 radical (unpaired) electrons. The summed E-state index contributed by atoms with van der Waals surface area (Å²) in [6.45, 7) is 8.32. The Morgan fingerprint density at radius 2 is 1.69 bits per heavy atom. The predicted molar refractivity (Wildman–Crippen MR) is 136 cm³/mol. The molecule has 1 fully saturated rings. The number of rotatable bonds is 3. The monoisotopic (exact) mass is 503 g/mol. The number of aromatic hydroxyl groups is 1. The summed E-state index contributed by atoms with van der Waals surface area (Å²) in [7, 11) is 3.58. The van der Waals surface area contributed by atoms with Crippen LogP contribution in [-0.2, 0) is 27.3 Å². The van der Waals surface area contributed by atoms with Crippen LogP contribution in [0, 0.1) is 11.8 Å². The van der Waals surface area contributed by atoms with Crippen LogP contribution < -0.4 is 11.5 Å². The molecular weight excluding hydrogens is 466 g/mol. The van der Waals surface area contributed by atoms with Crippen molar-refractivity contribution in [1.29, 1.82) is 0 Å². The number of fused-ring (bicyclic) bond motifs is 3. The molecule has 1 aromatic carbocycles. The Balaban J connectivity index is 0.00000109. The van der Waals surface area contributed by atoms with E-state index in [1.165, 1.54) is 0 Å². The van der Waals surface area contributed by atoms with Crippen LogP contribution in [0.2, 0.25) is 0 Å². The molecule has 1 amide bonds. The lowest BCUT2D eigenvalue weighted by Crippen LogP contribution is -2.58. The molecule has 8 N–H and O–H groups in total. The van der Waals surface area contributed by atoms with Crippen LogP contribution in [0.4, 0.5) is 5.69 Å². The van der Waals surface area contributed by atoms with Crippen LogP contribution in [0.25, 0.3) is 5.76 Å². The van der Waals surface area contributed by atoms with Crippen LogP contribution in [0.1, 0.15) is 57.2 Å². The second-order valence-electron chi connectivity index (χ2n) is 8.97. The van der Waals surface area contributed by atoms with E-state index in [1.54, 1.807) is 25.1 Å². The first kappa shape index (κ1) is 28.9. The summed E-state index contributed by atoms with van der Waals surface area (Å²) in [6.07, 6.45) is -0.0942. The van der Waals surface area contributed by atoms with E-state index < -0.39 is 52.0 Å². The minimum atomic E-state index is -2.57. The molecule has 1 unspecified atom stereocenters. The smallest absolute Gasteiger partial charge is 0.255 e. The van der Waals surface area contributed by atoms with Gasteiger partial charge in [-0.3, -0.25) is 14.4 Å². The molecular formula is C26H37N3O7. The van der Waals surface area contributed by atoms with Crippen molar-refractivity contribution in [1.82, 2.24) is 4.90 Å². The number of hydrogen-bond acceptors (Lipinski definition) is 9. The largest absolute Gasteiger partial charge is 0.508 e. The number of phenolic OH excluding ortho intramolecular Hbond substituents is 1. The van der Waals surface area contributed by atoms with Gasteiger partial charge in [0.2, 0.25) is 5.78 Å². The first-order chi connectivity index (χ1) is 16.9. The Kier molecular flexibility index (Phi) is 8.59. The maximum atomic E-state index is 13.4. The van der Waals surface area contributed by atoms with Crippen molar-refractivity contribution in [3.8, 4) is 5.75 Å². The summed E-state index contributed by atoms with van der Waals surface area (Å²) in [5, 5.41) is 43.7. The number of carbonyl (C=O) groups excluding carboxylic acids is 3. The SMILES string of the molecule is CC.CC.CN(C)Cc1cc(N)c2c(c1O)C(O)=C1C(=O)[C@]3(O)C(O)=C(C(N)=O)C(=O)C[C@@H]3CC1C2. The summed E-state index contributed by atoms with van der Waals surface area (Å²) in [5.41, 5.74) is 9.08. The highest BCUT2D eigenvalue weighted by Crippen LogP contribution is 2.53. The van der Waals surface area contributed by atoms with E-state index in [-0.39, 0.29) is 36.1 Å². The lowest BCUT2D eigenvalue weighted by molar-refractivity contribution is -0.147. The number of nitrogen functional groups attached to an aromatic ring is 1. The van der Waals surface area contributed by atoms with Crippen LogP contribution in [0.3, 0.4) is 0 Å². The zero-order valence-corrected chi connectivity index (χ0v) is 21.7. The lowest BCUT2D eigenvalue weighted by Gasteiger charge is -2.46. The molecule has 0 heterocycles. The van der Waals surface area contributed by atoms with Gasteiger partial charge in [-0.25, -0.2) is 0 Å². The molecule has 0 spiro atoms. The fourth-order valence-electron chi connectivity index (χ4n) is 5.24. The first-order valence-corrected chi connectivity index (χ1v) is 12.1. The molecule has 1 aromatic rings. The summed E-state index contributed by atoms with van der Waals surface area (Å²) >= 11 is 0. The van der Waals surface area contributed by atoms with Gasteiger partial charge in [-0.05, 0) is 44.5 Å². The standard InChI is InChI=1S/C22H25N3O7.2C2H6/c1-25(2)7-9-5-12(23)11-4-8-3-10-6-13(26)16(21(24)31)20(30)22(10,32)19(29)14(8)18(28)15(11)17(9)27;2*1-2/h5,8,10,27-28,30,32H,3-4,6-7,23H2,1-2H3,(H2,24,31);2*1-2H3/t8?,10-,22-;;/m0../s1. The number of amides is 1. The topological polar surface area (TPSA) is 187 Å². The van der Waals surface area contributed by atoms with Crippen molar-refractivity contribution in [3.63, 3.8) is 0 Å². The first-order valence-electron chi connectivity index (χ1n) is 12.1. The number of Topliss-reactive ketones (excluding diaryl/α,β-unsaturated/α-hetero) is 2. The van der Waals surface area contributed by atoms with Gasteiger partial charge in [0.1, 0.15) is 22.8 Å². The minimum absolute atomic E-state index is 0.00831. The van der Waals surface area contributed by atoms with Crippen molar-refractivity contribution >= 4 is 28.9 Å². The van der Waals surface area contributed by atoms with Crippen molar-refractivity contribution in [2.75, 3.05) is 19.8 Å². The molecule has 3 aliphatic carbocycles. The van der Waals surface area contributed by atoms with E-state index in [0.717, 1.165) is 0 Å². The number of primary amides is 1. The second kappa shape index (κ2) is 10.7. The van der Waals surface area contributed by atoms with Gasteiger partial charge in [0, 0.05) is 35.7 Å². The van der Waals surface area contributed by atoms with Crippen LogP contribution in [0.15, 0.2) is 23.0 Å². The molecule has 0 aliphatic heterocycles. The average Bonchev–Trinajstić information content (AvgIpc) is 2.81. The van der Waals surface area contributed by atoms with Gasteiger partial charge in [-0.15, -0.1) is 0 Å². The maximum Gasteiger partial charge on any atom is 0.255 e. The van der Waals surface area contributed by atoms with Gasteiger partial charge in [-0.2, -0.15) is 0 Å². The molecule has 10 heteroatoms. The normalized spacial score (nSPS) is 24.7. The molecule has 0 saturated heterocycles. The van der Waals surface area contributed by atoms with E-state index in [0.29, 0.717) is 23.4 Å². The van der Waals surface area contributed by atoms with Crippen molar-refractivity contribution < 1.29 is 34.8 Å². The van der Waals surface area contributed by atoms with Gasteiger partial charge in [0.25, 0.3) is 5.91 Å². The van der Waals surface area contributed by atoms with Gasteiger partial charge >= 0.3 is 0 Å². The van der Waals surface area contributed by atoms with E-state index in [9.17, 15) is 34.8 Å². The Morgan fingerprint density at radius 1 is 1.11 bits per heavy atom. The van der Waals surface area contributed by atoms with E-state index in [1.807, 2.05) is 27.7 Å². The fraction of sp³-hybridized carbons (Fsp3) is 0.500. The van der Waals surface area contributed by atoms with E-state index in [2.05, 4.69) is 0 Å². The second-order valence-corrected chi connectivity index (χ2v) is 8.97. The van der Waals surface area contributed by atoms with Crippen LogP contribution in [-0.4, -0.2) is 62.5 Å². The Hall–Kier alpha value is -3.37. The molecule has 198 valence electrons. The number of nitrogens with zero attached hydrogens (tertiary/aromatic N) is 1. The number of nitrogens with two attached hydrogens (primary N) is 2. The number of carbonyl (C=O) groups is 3. The zero-order valence-electron chi connectivity index (χ0n) is 21.7. The number of hydrogen-bond donors (Lipinski definition) is 6. The third-order valence-electron chi connectivity index (χ3n) is 6.66. The zero-order chi connectivity index (χ0) is 27.7. The molecule has 1 saturated carbocycles. The highest BCUT2D eigenvalue weighted by molar-refractivity contribution is 6.22. The Bertz CT molecular complexity index is 1150. The number of aliphatic hydroxyl groups excluding tert-OH is 2. The highest BCUT2D eigenvalue weighted by atomic mass is 16.3. The third-order valence-corrected chi connectivity index (χ3v) is 6.66. The molecule has 0 bridgehead atoms. The summed E-state index contributed by atoms with van der Waals surface area (Å²) < 4.78 is 0. The van der Waals surface area contributed by atoms with Crippen molar-refractivity contribution in [2.24, 2.45) is 17.6 Å². The van der Waals surface area contributed by atoms with Gasteiger partial charge in [-0.1, -0.05) is 27.7 Å². The van der Waals surface area contributed by atoms with Crippen LogP contribution >= 0.6 is 0 Å². The number of ketones is 2.